The lowest BCUT2D eigenvalue weighted by atomic mass is 10.1. The average Bonchev–Trinajstić information content (AvgIpc) is 3.25. The van der Waals surface area contributed by atoms with Gasteiger partial charge in [0.25, 0.3) is 0 Å². The smallest absolute Gasteiger partial charge is 0.244 e. The Labute approximate surface area is 145 Å². The van der Waals surface area contributed by atoms with E-state index in [4.69, 9.17) is 0 Å². The van der Waals surface area contributed by atoms with Crippen molar-refractivity contribution < 1.29 is 8.42 Å². The van der Waals surface area contributed by atoms with E-state index in [1.807, 2.05) is 30.3 Å². The van der Waals surface area contributed by atoms with E-state index in [-0.39, 0.29) is 10.9 Å². The summed E-state index contributed by atoms with van der Waals surface area (Å²) in [6, 6.07) is 9.41. The molecule has 0 radical (unpaired) electrons. The van der Waals surface area contributed by atoms with Crippen LogP contribution in [0.2, 0.25) is 0 Å². The number of fused-ring (bicyclic) bond motifs is 1. The Kier molecular flexibility index (Phi) is 4.10. The third kappa shape index (κ3) is 3.33. The second-order valence-electron chi connectivity index (χ2n) is 6.02. The SMILES string of the molecule is O=S(=O)(N[C@@H]1CCCn2ncnc21)c1cnn(Cc2ccccc2)c1. The Bertz CT molecular complexity index is 963. The number of rotatable bonds is 5. The summed E-state index contributed by atoms with van der Waals surface area (Å²) < 4.78 is 31.4. The van der Waals surface area contributed by atoms with Crippen LogP contribution in [0.3, 0.4) is 0 Å². The molecule has 3 aromatic rings. The van der Waals surface area contributed by atoms with Gasteiger partial charge in [0, 0.05) is 12.7 Å². The first-order valence-corrected chi connectivity index (χ1v) is 9.56. The van der Waals surface area contributed by atoms with Crippen LogP contribution < -0.4 is 4.72 Å². The predicted octanol–water partition coefficient (Wildman–Crippen LogP) is 1.34. The molecule has 0 saturated carbocycles. The molecule has 25 heavy (non-hydrogen) atoms. The van der Waals surface area contributed by atoms with Crippen LogP contribution in [-0.2, 0) is 23.1 Å². The molecule has 0 fully saturated rings. The maximum absolute atomic E-state index is 12.7. The fraction of sp³-hybridized carbons (Fsp3) is 0.312. The van der Waals surface area contributed by atoms with Crippen molar-refractivity contribution in [1.82, 2.24) is 29.3 Å². The number of sulfonamides is 1. The second kappa shape index (κ2) is 6.41. The summed E-state index contributed by atoms with van der Waals surface area (Å²) in [6.45, 7) is 1.29. The highest BCUT2D eigenvalue weighted by atomic mass is 32.2. The summed E-state index contributed by atoms with van der Waals surface area (Å²) in [7, 11) is -3.67. The van der Waals surface area contributed by atoms with Crippen molar-refractivity contribution in [2.24, 2.45) is 0 Å². The second-order valence-corrected chi connectivity index (χ2v) is 7.73. The van der Waals surface area contributed by atoms with Gasteiger partial charge in [-0.05, 0) is 18.4 Å². The Balaban J connectivity index is 1.52. The van der Waals surface area contributed by atoms with E-state index < -0.39 is 10.0 Å². The minimum atomic E-state index is -3.67. The number of aryl methyl sites for hydroxylation is 1. The van der Waals surface area contributed by atoms with Gasteiger partial charge in [-0.15, -0.1) is 0 Å². The first-order chi connectivity index (χ1) is 12.1. The average molecular weight is 358 g/mol. The van der Waals surface area contributed by atoms with E-state index in [0.717, 1.165) is 18.5 Å². The molecule has 0 amide bonds. The van der Waals surface area contributed by atoms with Gasteiger partial charge in [-0.3, -0.25) is 4.68 Å². The Morgan fingerprint density at radius 2 is 2.04 bits per heavy atom. The molecule has 2 aromatic heterocycles. The maximum Gasteiger partial charge on any atom is 0.244 e. The lowest BCUT2D eigenvalue weighted by Crippen LogP contribution is -2.33. The monoisotopic (exact) mass is 358 g/mol. The summed E-state index contributed by atoms with van der Waals surface area (Å²) in [4.78, 5) is 4.33. The Morgan fingerprint density at radius 3 is 2.88 bits per heavy atom. The third-order valence-corrected chi connectivity index (χ3v) is 5.65. The number of nitrogens with zero attached hydrogens (tertiary/aromatic N) is 5. The summed E-state index contributed by atoms with van der Waals surface area (Å²) in [5, 5.41) is 8.28. The summed E-state index contributed by atoms with van der Waals surface area (Å²) in [6.07, 6.45) is 5.94. The van der Waals surface area contributed by atoms with Gasteiger partial charge >= 0.3 is 0 Å². The third-order valence-electron chi connectivity index (χ3n) is 4.22. The van der Waals surface area contributed by atoms with Crippen LogP contribution in [0.25, 0.3) is 0 Å². The van der Waals surface area contributed by atoms with Crippen LogP contribution in [-0.4, -0.2) is 33.0 Å². The zero-order valence-electron chi connectivity index (χ0n) is 13.5. The minimum absolute atomic E-state index is 0.153. The van der Waals surface area contributed by atoms with Gasteiger partial charge in [-0.2, -0.15) is 10.2 Å². The van der Waals surface area contributed by atoms with Crippen molar-refractivity contribution in [3.8, 4) is 0 Å². The molecule has 8 nitrogen and oxygen atoms in total. The quantitative estimate of drug-likeness (QED) is 0.743. The van der Waals surface area contributed by atoms with Crippen molar-refractivity contribution in [3.05, 3.63) is 60.4 Å². The van der Waals surface area contributed by atoms with E-state index in [1.54, 1.807) is 15.6 Å². The van der Waals surface area contributed by atoms with Crippen LogP contribution >= 0.6 is 0 Å². The van der Waals surface area contributed by atoms with Crippen LogP contribution in [0.5, 0.6) is 0 Å². The first kappa shape index (κ1) is 16.0. The zero-order valence-corrected chi connectivity index (χ0v) is 14.3. The molecular weight excluding hydrogens is 340 g/mol. The molecule has 3 heterocycles. The molecular formula is C16H18N6O2S. The standard InChI is InChI=1S/C16H18N6O2S/c23-25(24,20-15-7-4-8-22-16(15)17-12-19-22)14-9-18-21(11-14)10-13-5-2-1-3-6-13/h1-3,5-6,9,11-12,15,20H,4,7-8,10H2/t15-/m1/s1. The lowest BCUT2D eigenvalue weighted by Gasteiger charge is -2.22. The highest BCUT2D eigenvalue weighted by molar-refractivity contribution is 7.89. The van der Waals surface area contributed by atoms with E-state index >= 15 is 0 Å². The summed E-state index contributed by atoms with van der Waals surface area (Å²) in [5.74, 6) is 0.659. The fourth-order valence-corrected chi connectivity index (χ4v) is 4.18. The molecule has 1 atom stereocenters. The van der Waals surface area contributed by atoms with Gasteiger partial charge in [-0.1, -0.05) is 30.3 Å². The van der Waals surface area contributed by atoms with Gasteiger partial charge in [0.2, 0.25) is 10.0 Å². The van der Waals surface area contributed by atoms with Crippen molar-refractivity contribution in [3.63, 3.8) is 0 Å². The van der Waals surface area contributed by atoms with Crippen molar-refractivity contribution >= 4 is 10.0 Å². The largest absolute Gasteiger partial charge is 0.267 e. The van der Waals surface area contributed by atoms with E-state index in [0.29, 0.717) is 18.8 Å². The molecule has 1 aromatic carbocycles. The summed E-state index contributed by atoms with van der Waals surface area (Å²) >= 11 is 0. The normalized spacial score (nSPS) is 17.4. The predicted molar refractivity (Wildman–Crippen MR) is 90.1 cm³/mol. The number of aromatic nitrogens is 5. The first-order valence-electron chi connectivity index (χ1n) is 8.08. The van der Waals surface area contributed by atoms with Gasteiger partial charge in [0.1, 0.15) is 17.0 Å². The molecule has 0 saturated heterocycles. The fourth-order valence-electron chi connectivity index (χ4n) is 3.00. The zero-order chi connectivity index (χ0) is 17.3. The van der Waals surface area contributed by atoms with Crippen LogP contribution in [0.1, 0.15) is 30.3 Å². The molecule has 0 unspecified atom stereocenters. The molecule has 1 aliphatic rings. The molecule has 0 spiro atoms. The molecule has 1 N–H and O–H groups in total. The van der Waals surface area contributed by atoms with Crippen LogP contribution in [0.4, 0.5) is 0 Å². The molecule has 130 valence electrons. The van der Waals surface area contributed by atoms with Crippen molar-refractivity contribution in [1.29, 1.82) is 0 Å². The minimum Gasteiger partial charge on any atom is -0.267 e. The number of hydrogen-bond acceptors (Lipinski definition) is 5. The van der Waals surface area contributed by atoms with Gasteiger partial charge in [0.05, 0.1) is 18.8 Å². The van der Waals surface area contributed by atoms with E-state index in [2.05, 4.69) is 19.9 Å². The molecule has 4 rings (SSSR count). The van der Waals surface area contributed by atoms with Gasteiger partial charge < -0.3 is 0 Å². The molecule has 1 aliphatic heterocycles. The number of nitrogens with one attached hydrogen (secondary N) is 1. The van der Waals surface area contributed by atoms with E-state index in [1.165, 1.54) is 12.5 Å². The Morgan fingerprint density at radius 1 is 1.20 bits per heavy atom. The molecule has 0 aliphatic carbocycles. The van der Waals surface area contributed by atoms with Crippen LogP contribution in [0, 0.1) is 0 Å². The number of hydrogen-bond donors (Lipinski definition) is 1. The molecule has 9 heteroatoms. The summed E-state index contributed by atoms with van der Waals surface area (Å²) in [5.41, 5.74) is 1.06. The van der Waals surface area contributed by atoms with Crippen molar-refractivity contribution in [2.45, 2.75) is 36.9 Å². The van der Waals surface area contributed by atoms with Gasteiger partial charge in [-0.25, -0.2) is 22.8 Å². The van der Waals surface area contributed by atoms with Gasteiger partial charge in [0.15, 0.2) is 0 Å². The topological polar surface area (TPSA) is 94.7 Å². The highest BCUT2D eigenvalue weighted by Crippen LogP contribution is 2.24. The lowest BCUT2D eigenvalue weighted by molar-refractivity contribution is 0.400. The highest BCUT2D eigenvalue weighted by Gasteiger charge is 2.28. The van der Waals surface area contributed by atoms with Crippen molar-refractivity contribution in [2.75, 3.05) is 0 Å². The van der Waals surface area contributed by atoms with Crippen LogP contribution in [0.15, 0.2) is 53.9 Å². The maximum atomic E-state index is 12.7. The van der Waals surface area contributed by atoms with E-state index in [9.17, 15) is 8.42 Å². The number of benzene rings is 1. The Hall–Kier alpha value is -2.52. The molecule has 0 bridgehead atoms.